The molecule has 2 aliphatic rings. The average Bonchev–Trinajstić information content (AvgIpc) is 3.14. The van der Waals surface area contributed by atoms with Crippen molar-refractivity contribution in [2.45, 2.75) is 38.0 Å². The maximum Gasteiger partial charge on any atom is 0.240 e. The van der Waals surface area contributed by atoms with E-state index in [1.54, 1.807) is 36.3 Å². The third kappa shape index (κ3) is 2.52. The van der Waals surface area contributed by atoms with E-state index in [0.29, 0.717) is 17.9 Å². The van der Waals surface area contributed by atoms with Crippen LogP contribution in [0.3, 0.4) is 0 Å². The van der Waals surface area contributed by atoms with Gasteiger partial charge < -0.3 is 0 Å². The number of halogens is 2. The molecule has 5 rings (SSSR count). The van der Waals surface area contributed by atoms with Gasteiger partial charge in [0.25, 0.3) is 0 Å². The molecule has 7 heteroatoms. The second kappa shape index (κ2) is 6.64. The molecule has 0 unspecified atom stereocenters. The summed E-state index contributed by atoms with van der Waals surface area (Å²) in [6, 6.07) is 10.9. The number of pyridine rings is 1. The van der Waals surface area contributed by atoms with Crippen LogP contribution in [0.2, 0.25) is 0 Å². The highest BCUT2D eigenvalue weighted by molar-refractivity contribution is 6.02. The summed E-state index contributed by atoms with van der Waals surface area (Å²) >= 11 is 0. The molecule has 1 fully saturated rings. The van der Waals surface area contributed by atoms with Gasteiger partial charge in [0, 0.05) is 13.2 Å². The molecule has 31 heavy (non-hydrogen) atoms. The zero-order valence-electron chi connectivity index (χ0n) is 17.6. The van der Waals surface area contributed by atoms with Crippen LogP contribution >= 0.6 is 0 Å². The Morgan fingerprint density at radius 2 is 1.84 bits per heavy atom. The number of nitrogens with zero attached hydrogens (tertiary/aromatic N) is 4. The molecule has 0 radical (unpaired) electrons. The van der Waals surface area contributed by atoms with Crippen molar-refractivity contribution in [1.82, 2.24) is 15.2 Å². The van der Waals surface area contributed by atoms with Crippen molar-refractivity contribution in [1.29, 1.82) is 0 Å². The van der Waals surface area contributed by atoms with E-state index in [0.717, 1.165) is 12.0 Å². The second-order valence-corrected chi connectivity index (χ2v) is 8.90. The lowest BCUT2D eigenvalue weighted by Gasteiger charge is -2.38. The number of carbonyl (C=O) groups is 1. The van der Waals surface area contributed by atoms with E-state index in [9.17, 15) is 13.6 Å². The smallest absolute Gasteiger partial charge is 0.240 e. The zero-order chi connectivity index (χ0) is 22.0. The van der Waals surface area contributed by atoms with Gasteiger partial charge in [-0.1, -0.05) is 26.0 Å². The number of carbonyl (C=O) groups excluding carboxylic acids is 1. The van der Waals surface area contributed by atoms with Gasteiger partial charge in [0.1, 0.15) is 17.5 Å². The first kappa shape index (κ1) is 19.7. The molecule has 1 saturated carbocycles. The van der Waals surface area contributed by atoms with Gasteiger partial charge in [-0.15, -0.1) is 5.10 Å². The van der Waals surface area contributed by atoms with Crippen LogP contribution in [0, 0.1) is 17.0 Å². The largest absolute Gasteiger partial charge is 0.299 e. The standard InChI is InChI=1S/C24H22F2N4O/c1-23(2)15-10-11-24(23,22(31)30(3)19-9-4-5-12-27-19)21-14(15)13-18(28-29-21)20-16(25)7-6-8-17(20)26/h4-9,12-13,15H,10-11H2,1-3H3/t15-,24+/m1/s1. The van der Waals surface area contributed by atoms with Crippen molar-refractivity contribution < 1.29 is 13.6 Å². The molecule has 2 bridgehead atoms. The number of benzene rings is 1. The first-order chi connectivity index (χ1) is 14.8. The number of hydrogen-bond donors (Lipinski definition) is 0. The lowest BCUT2D eigenvalue weighted by molar-refractivity contribution is -0.127. The van der Waals surface area contributed by atoms with Gasteiger partial charge >= 0.3 is 0 Å². The minimum atomic E-state index is -0.863. The highest BCUT2D eigenvalue weighted by Gasteiger charge is 2.68. The summed E-state index contributed by atoms with van der Waals surface area (Å²) in [5.74, 6) is -0.841. The summed E-state index contributed by atoms with van der Waals surface area (Å²) in [5, 5.41) is 8.58. The Balaban J connectivity index is 1.64. The Morgan fingerprint density at radius 1 is 1.10 bits per heavy atom. The van der Waals surface area contributed by atoms with Crippen LogP contribution < -0.4 is 4.90 Å². The van der Waals surface area contributed by atoms with Gasteiger partial charge in [0.2, 0.25) is 5.91 Å². The average molecular weight is 420 g/mol. The minimum absolute atomic E-state index is 0.0488. The Kier molecular flexibility index (Phi) is 4.22. The fourth-order valence-corrected chi connectivity index (χ4v) is 5.60. The molecule has 5 nitrogen and oxygen atoms in total. The van der Waals surface area contributed by atoms with Gasteiger partial charge in [-0.2, -0.15) is 5.10 Å². The fourth-order valence-electron chi connectivity index (χ4n) is 5.60. The molecule has 2 heterocycles. The summed E-state index contributed by atoms with van der Waals surface area (Å²) in [6.07, 6.45) is 3.10. The topological polar surface area (TPSA) is 59.0 Å². The van der Waals surface area contributed by atoms with Crippen LogP contribution in [-0.4, -0.2) is 28.1 Å². The third-order valence-corrected chi connectivity index (χ3v) is 7.26. The number of aromatic nitrogens is 3. The first-order valence-electron chi connectivity index (χ1n) is 10.3. The number of anilines is 1. The lowest BCUT2D eigenvalue weighted by Crippen LogP contribution is -2.50. The predicted octanol–water partition coefficient (Wildman–Crippen LogP) is 4.63. The molecule has 2 aliphatic carbocycles. The molecule has 2 atom stereocenters. The molecule has 3 aromatic rings. The molecular formula is C24H22F2N4O. The molecule has 158 valence electrons. The number of fused-ring (bicyclic) bond motifs is 5. The van der Waals surface area contributed by atoms with Crippen LogP contribution in [-0.2, 0) is 10.2 Å². The summed E-state index contributed by atoms with van der Waals surface area (Å²) < 4.78 is 28.7. The molecule has 0 N–H and O–H groups in total. The zero-order valence-corrected chi connectivity index (χ0v) is 17.6. The van der Waals surface area contributed by atoms with E-state index in [1.807, 2.05) is 6.07 Å². The SMILES string of the molecule is CN(C(=O)[C@]12CC[C@H](c3cc(-c4c(F)cccc4F)nnc31)C2(C)C)c1ccccn1. The molecule has 0 spiro atoms. The van der Waals surface area contributed by atoms with E-state index in [1.165, 1.54) is 18.2 Å². The Morgan fingerprint density at radius 3 is 2.52 bits per heavy atom. The summed E-state index contributed by atoms with van der Waals surface area (Å²) in [7, 11) is 1.72. The van der Waals surface area contributed by atoms with Crippen LogP contribution in [0.5, 0.6) is 0 Å². The third-order valence-electron chi connectivity index (χ3n) is 7.26. The molecule has 0 aliphatic heterocycles. The normalized spacial score (nSPS) is 22.9. The quantitative estimate of drug-likeness (QED) is 0.620. The Hall–Kier alpha value is -3.22. The van der Waals surface area contributed by atoms with E-state index >= 15 is 0 Å². The summed E-state index contributed by atoms with van der Waals surface area (Å²) in [4.78, 5) is 19.8. The number of amides is 1. The predicted molar refractivity (Wildman–Crippen MR) is 112 cm³/mol. The van der Waals surface area contributed by atoms with Gasteiger partial charge in [0.05, 0.1) is 22.4 Å². The van der Waals surface area contributed by atoms with Crippen LogP contribution in [0.1, 0.15) is 43.9 Å². The second-order valence-electron chi connectivity index (χ2n) is 8.90. The van der Waals surface area contributed by atoms with Crippen molar-refractivity contribution in [2.75, 3.05) is 11.9 Å². The maximum absolute atomic E-state index is 14.3. The monoisotopic (exact) mass is 420 g/mol. The highest BCUT2D eigenvalue weighted by Crippen LogP contribution is 2.68. The van der Waals surface area contributed by atoms with Crippen molar-refractivity contribution in [3.63, 3.8) is 0 Å². The molecule has 1 aromatic carbocycles. The van der Waals surface area contributed by atoms with Crippen molar-refractivity contribution in [2.24, 2.45) is 5.41 Å². The van der Waals surface area contributed by atoms with Gasteiger partial charge in [0.15, 0.2) is 0 Å². The maximum atomic E-state index is 14.3. The van der Waals surface area contributed by atoms with Crippen molar-refractivity contribution in [3.05, 3.63) is 71.6 Å². The first-order valence-corrected chi connectivity index (χ1v) is 10.3. The van der Waals surface area contributed by atoms with Gasteiger partial charge in [-0.3, -0.25) is 9.69 Å². The molecule has 1 amide bonds. The summed E-state index contributed by atoms with van der Waals surface area (Å²) in [6.45, 7) is 4.14. The van der Waals surface area contributed by atoms with E-state index in [-0.39, 0.29) is 23.1 Å². The molecule has 0 saturated heterocycles. The van der Waals surface area contributed by atoms with Gasteiger partial charge in [-0.25, -0.2) is 13.8 Å². The Labute approximate surface area is 179 Å². The van der Waals surface area contributed by atoms with Crippen LogP contribution in [0.25, 0.3) is 11.3 Å². The summed E-state index contributed by atoms with van der Waals surface area (Å²) in [5.41, 5.74) is 0.145. The highest BCUT2D eigenvalue weighted by atomic mass is 19.1. The van der Waals surface area contributed by atoms with Gasteiger partial charge in [-0.05, 0) is 60.1 Å². The van der Waals surface area contributed by atoms with Crippen molar-refractivity contribution >= 4 is 11.7 Å². The van der Waals surface area contributed by atoms with Crippen LogP contribution in [0.4, 0.5) is 14.6 Å². The number of hydrogen-bond acceptors (Lipinski definition) is 4. The number of rotatable bonds is 3. The Bertz CT molecular complexity index is 1180. The molecule has 2 aromatic heterocycles. The van der Waals surface area contributed by atoms with E-state index in [2.05, 4.69) is 29.0 Å². The van der Waals surface area contributed by atoms with Crippen LogP contribution in [0.15, 0.2) is 48.7 Å². The number of likely N-dealkylation sites (N-methyl/N-ethyl adjacent to an activating group) is 1. The van der Waals surface area contributed by atoms with E-state index in [4.69, 9.17) is 0 Å². The fraction of sp³-hybridized carbons (Fsp3) is 0.333. The minimum Gasteiger partial charge on any atom is -0.299 e. The van der Waals surface area contributed by atoms with Crippen molar-refractivity contribution in [3.8, 4) is 11.3 Å². The van der Waals surface area contributed by atoms with E-state index < -0.39 is 22.5 Å². The molecular weight excluding hydrogens is 398 g/mol. The lowest BCUT2D eigenvalue weighted by atomic mass is 9.67.